The summed E-state index contributed by atoms with van der Waals surface area (Å²) in [6.45, 7) is 2.92. The van der Waals surface area contributed by atoms with Gasteiger partial charge in [-0.15, -0.1) is 0 Å². The number of non-ortho nitro benzene ring substituents is 1. The second-order valence-corrected chi connectivity index (χ2v) is 5.28. The van der Waals surface area contributed by atoms with E-state index in [1.165, 1.54) is 12.1 Å². The fourth-order valence-electron chi connectivity index (χ4n) is 1.61. The van der Waals surface area contributed by atoms with Crippen LogP contribution in [0, 0.1) is 13.7 Å². The Morgan fingerprint density at radius 3 is 2.65 bits per heavy atom. The number of nitro groups is 1. The molecule has 1 aromatic heterocycles. The van der Waals surface area contributed by atoms with E-state index in [0.717, 1.165) is 27.9 Å². The van der Waals surface area contributed by atoms with Crippen molar-refractivity contribution in [1.82, 2.24) is 9.97 Å². The van der Waals surface area contributed by atoms with Gasteiger partial charge in [0, 0.05) is 30.4 Å². The Hall–Kier alpha value is -1.77. The Morgan fingerprint density at radius 2 is 2.05 bits per heavy atom. The summed E-state index contributed by atoms with van der Waals surface area (Å²) in [6.07, 6.45) is 2.75. The summed E-state index contributed by atoms with van der Waals surface area (Å²) in [6, 6.07) is 6.22. The van der Waals surface area contributed by atoms with Gasteiger partial charge in [-0.2, -0.15) is 0 Å². The lowest BCUT2D eigenvalue weighted by Gasteiger charge is -2.08. The van der Waals surface area contributed by atoms with E-state index < -0.39 is 4.92 Å². The number of aromatic nitrogens is 2. The standard InChI is InChI=1S/C13H13IN4O2/c1-2-7-15-13-11(14)8-16-12(17-13)9-3-5-10(6-4-9)18(19)20/h3-6,8H,2,7H2,1H3,(H,15,16,17). The lowest BCUT2D eigenvalue weighted by Crippen LogP contribution is -2.05. The summed E-state index contributed by atoms with van der Waals surface area (Å²) in [5.41, 5.74) is 0.815. The van der Waals surface area contributed by atoms with Crippen LogP contribution in [0.15, 0.2) is 30.5 Å². The van der Waals surface area contributed by atoms with E-state index in [4.69, 9.17) is 0 Å². The molecule has 0 atom stereocenters. The summed E-state index contributed by atoms with van der Waals surface area (Å²) >= 11 is 2.17. The van der Waals surface area contributed by atoms with E-state index in [1.807, 2.05) is 0 Å². The van der Waals surface area contributed by atoms with Crippen LogP contribution in [0.5, 0.6) is 0 Å². The van der Waals surface area contributed by atoms with Crippen molar-refractivity contribution in [2.75, 3.05) is 11.9 Å². The zero-order valence-electron chi connectivity index (χ0n) is 10.8. The van der Waals surface area contributed by atoms with Crippen molar-refractivity contribution < 1.29 is 4.92 Å². The molecule has 1 heterocycles. The minimum atomic E-state index is -0.424. The van der Waals surface area contributed by atoms with Gasteiger partial charge >= 0.3 is 0 Å². The maximum atomic E-state index is 10.6. The van der Waals surface area contributed by atoms with Crippen LogP contribution in [0.3, 0.4) is 0 Å². The lowest BCUT2D eigenvalue weighted by atomic mass is 10.2. The molecular formula is C13H13IN4O2. The van der Waals surface area contributed by atoms with Crippen LogP contribution >= 0.6 is 22.6 Å². The van der Waals surface area contributed by atoms with E-state index in [9.17, 15) is 10.1 Å². The Balaban J connectivity index is 2.30. The van der Waals surface area contributed by atoms with Gasteiger partial charge in [-0.05, 0) is 41.1 Å². The predicted molar refractivity (Wildman–Crippen MR) is 85.6 cm³/mol. The van der Waals surface area contributed by atoms with Crippen LogP contribution in [-0.4, -0.2) is 21.4 Å². The van der Waals surface area contributed by atoms with E-state index in [2.05, 4.69) is 44.8 Å². The molecule has 0 fully saturated rings. The smallest absolute Gasteiger partial charge is 0.269 e. The van der Waals surface area contributed by atoms with Gasteiger partial charge in [-0.1, -0.05) is 6.92 Å². The van der Waals surface area contributed by atoms with Crippen molar-refractivity contribution >= 4 is 34.1 Å². The van der Waals surface area contributed by atoms with Crippen LogP contribution in [-0.2, 0) is 0 Å². The van der Waals surface area contributed by atoms with Crippen LogP contribution in [0.25, 0.3) is 11.4 Å². The highest BCUT2D eigenvalue weighted by atomic mass is 127. The maximum Gasteiger partial charge on any atom is 0.269 e. The first-order valence-corrected chi connectivity index (χ1v) is 7.21. The van der Waals surface area contributed by atoms with Crippen molar-refractivity contribution in [1.29, 1.82) is 0 Å². The van der Waals surface area contributed by atoms with Gasteiger partial charge in [0.05, 0.1) is 8.49 Å². The number of nitrogens with zero attached hydrogens (tertiary/aromatic N) is 3. The molecule has 0 bridgehead atoms. The molecule has 1 N–H and O–H groups in total. The molecule has 0 aliphatic rings. The molecule has 0 aliphatic carbocycles. The highest BCUT2D eigenvalue weighted by molar-refractivity contribution is 14.1. The Labute approximate surface area is 129 Å². The average molecular weight is 384 g/mol. The first-order chi connectivity index (χ1) is 9.61. The van der Waals surface area contributed by atoms with Crippen LogP contribution in [0.1, 0.15) is 13.3 Å². The zero-order valence-corrected chi connectivity index (χ0v) is 13.0. The van der Waals surface area contributed by atoms with Gasteiger partial charge < -0.3 is 5.32 Å². The molecule has 2 aromatic rings. The molecule has 0 saturated carbocycles. The molecule has 20 heavy (non-hydrogen) atoms. The van der Waals surface area contributed by atoms with E-state index in [1.54, 1.807) is 18.3 Å². The third-order valence-corrected chi connectivity index (χ3v) is 3.41. The third kappa shape index (κ3) is 3.41. The van der Waals surface area contributed by atoms with Crippen molar-refractivity contribution in [3.05, 3.63) is 44.1 Å². The van der Waals surface area contributed by atoms with Gasteiger partial charge in [-0.3, -0.25) is 10.1 Å². The maximum absolute atomic E-state index is 10.6. The van der Waals surface area contributed by atoms with Gasteiger partial charge in [0.25, 0.3) is 5.69 Å². The quantitative estimate of drug-likeness (QED) is 0.485. The summed E-state index contributed by atoms with van der Waals surface area (Å²) in [7, 11) is 0. The number of hydrogen-bond donors (Lipinski definition) is 1. The van der Waals surface area contributed by atoms with Crippen molar-refractivity contribution in [2.24, 2.45) is 0 Å². The van der Waals surface area contributed by atoms with E-state index >= 15 is 0 Å². The zero-order chi connectivity index (χ0) is 14.5. The largest absolute Gasteiger partial charge is 0.369 e. The Kier molecular flexibility index (Phi) is 4.83. The molecule has 1 aromatic carbocycles. The highest BCUT2D eigenvalue weighted by Gasteiger charge is 2.09. The molecule has 0 amide bonds. The fourth-order valence-corrected chi connectivity index (χ4v) is 2.06. The summed E-state index contributed by atoms with van der Waals surface area (Å²) in [5, 5.41) is 13.9. The first kappa shape index (κ1) is 14.6. The topological polar surface area (TPSA) is 81.0 Å². The van der Waals surface area contributed by atoms with Gasteiger partial charge in [-0.25, -0.2) is 9.97 Å². The van der Waals surface area contributed by atoms with Gasteiger partial charge in [0.2, 0.25) is 0 Å². The number of nitro benzene ring substituents is 1. The second-order valence-electron chi connectivity index (χ2n) is 4.12. The monoisotopic (exact) mass is 384 g/mol. The molecule has 2 rings (SSSR count). The molecule has 6 nitrogen and oxygen atoms in total. The minimum Gasteiger partial charge on any atom is -0.369 e. The molecule has 0 unspecified atom stereocenters. The summed E-state index contributed by atoms with van der Waals surface area (Å²) < 4.78 is 0.946. The molecule has 0 radical (unpaired) electrons. The number of halogens is 1. The average Bonchev–Trinajstić information content (AvgIpc) is 2.46. The number of nitrogens with one attached hydrogen (secondary N) is 1. The van der Waals surface area contributed by atoms with Crippen molar-refractivity contribution in [3.8, 4) is 11.4 Å². The van der Waals surface area contributed by atoms with Crippen molar-refractivity contribution in [3.63, 3.8) is 0 Å². The molecule has 0 aliphatic heterocycles. The van der Waals surface area contributed by atoms with Crippen molar-refractivity contribution in [2.45, 2.75) is 13.3 Å². The second kappa shape index (κ2) is 6.60. The SMILES string of the molecule is CCCNc1nc(-c2ccc([N+](=O)[O-])cc2)ncc1I. The number of rotatable bonds is 5. The van der Waals surface area contributed by atoms with E-state index in [0.29, 0.717) is 5.82 Å². The van der Waals surface area contributed by atoms with Crippen LogP contribution < -0.4 is 5.32 Å². The lowest BCUT2D eigenvalue weighted by molar-refractivity contribution is -0.384. The Morgan fingerprint density at radius 1 is 1.35 bits per heavy atom. The Bertz CT molecular complexity index is 616. The number of hydrogen-bond acceptors (Lipinski definition) is 5. The van der Waals surface area contributed by atoms with Crippen LogP contribution in [0.2, 0.25) is 0 Å². The predicted octanol–water partition coefficient (Wildman–Crippen LogP) is 3.48. The number of anilines is 1. The summed E-state index contributed by atoms with van der Waals surface area (Å²) in [5.74, 6) is 1.34. The minimum absolute atomic E-state index is 0.0589. The van der Waals surface area contributed by atoms with E-state index in [-0.39, 0.29) is 5.69 Å². The molecule has 0 saturated heterocycles. The molecule has 7 heteroatoms. The summed E-state index contributed by atoms with van der Waals surface area (Å²) in [4.78, 5) is 18.9. The normalized spacial score (nSPS) is 10.3. The highest BCUT2D eigenvalue weighted by Crippen LogP contribution is 2.22. The molecule has 104 valence electrons. The third-order valence-electron chi connectivity index (χ3n) is 2.62. The molecular weight excluding hydrogens is 371 g/mol. The fraction of sp³-hybridized carbons (Fsp3) is 0.231. The number of benzene rings is 1. The van der Waals surface area contributed by atoms with Crippen LogP contribution in [0.4, 0.5) is 11.5 Å². The van der Waals surface area contributed by atoms with Gasteiger partial charge in [0.15, 0.2) is 5.82 Å². The molecule has 0 spiro atoms. The first-order valence-electron chi connectivity index (χ1n) is 6.13. The van der Waals surface area contributed by atoms with Gasteiger partial charge in [0.1, 0.15) is 5.82 Å².